The zero-order valence-corrected chi connectivity index (χ0v) is 19.3. The number of benzene rings is 2. The Morgan fingerprint density at radius 3 is 2.60 bits per heavy atom. The summed E-state index contributed by atoms with van der Waals surface area (Å²) in [5.41, 5.74) is 3.33. The van der Waals surface area contributed by atoms with E-state index in [1.165, 1.54) is 0 Å². The first-order valence-corrected chi connectivity index (χ1v) is 11.6. The molecule has 4 aromatic rings. The fraction of sp³-hybridized carbons (Fsp3) is 0.214. The molecule has 0 bridgehead atoms. The number of nitrogens with zero attached hydrogens (tertiary/aromatic N) is 4. The van der Waals surface area contributed by atoms with Crippen molar-refractivity contribution in [1.82, 2.24) is 19.8 Å². The smallest absolute Gasteiger partial charge is 0.254 e. The second-order valence-electron chi connectivity index (χ2n) is 8.65. The molecular formula is C28H26N4O3. The fourth-order valence-electron chi connectivity index (χ4n) is 4.28. The Morgan fingerprint density at radius 1 is 0.943 bits per heavy atom. The number of aromatic nitrogens is 2. The van der Waals surface area contributed by atoms with E-state index in [4.69, 9.17) is 4.74 Å². The minimum Gasteiger partial charge on any atom is -0.370 e. The molecule has 1 atom stereocenters. The summed E-state index contributed by atoms with van der Waals surface area (Å²) in [5, 5.41) is 0.884. The Kier molecular flexibility index (Phi) is 6.77. The maximum Gasteiger partial charge on any atom is 0.254 e. The van der Waals surface area contributed by atoms with E-state index in [0.717, 1.165) is 22.0 Å². The summed E-state index contributed by atoms with van der Waals surface area (Å²) in [6, 6.07) is 22.9. The Balaban J connectivity index is 1.38. The highest BCUT2D eigenvalue weighted by atomic mass is 16.5. The van der Waals surface area contributed by atoms with Gasteiger partial charge in [-0.1, -0.05) is 42.5 Å². The molecule has 1 fully saturated rings. The van der Waals surface area contributed by atoms with Crippen molar-refractivity contribution in [3.05, 3.63) is 108 Å². The molecule has 5 rings (SSSR count). The summed E-state index contributed by atoms with van der Waals surface area (Å²) in [4.78, 5) is 38.6. The lowest BCUT2D eigenvalue weighted by molar-refractivity contribution is -0.132. The van der Waals surface area contributed by atoms with E-state index < -0.39 is 0 Å². The first-order chi connectivity index (χ1) is 17.2. The molecule has 1 aliphatic rings. The topological polar surface area (TPSA) is 75.6 Å². The number of hydrogen-bond acceptors (Lipinski definition) is 5. The van der Waals surface area contributed by atoms with Crippen LogP contribution < -0.4 is 0 Å². The molecule has 7 nitrogen and oxygen atoms in total. The van der Waals surface area contributed by atoms with Gasteiger partial charge in [-0.25, -0.2) is 0 Å². The lowest BCUT2D eigenvalue weighted by atomic mass is 10.1. The largest absolute Gasteiger partial charge is 0.370 e. The number of pyridine rings is 2. The highest BCUT2D eigenvalue weighted by Gasteiger charge is 2.31. The molecule has 0 unspecified atom stereocenters. The summed E-state index contributed by atoms with van der Waals surface area (Å²) < 4.78 is 6.21. The van der Waals surface area contributed by atoms with Crippen LogP contribution in [0.25, 0.3) is 10.9 Å². The highest BCUT2D eigenvalue weighted by molar-refractivity contribution is 5.99. The Bertz CT molecular complexity index is 1310. The SMILES string of the molecule is O=C1CN(C(=O)c2ccc3ncccc3c2)C[C@H](OCc2cccnc2)CN1Cc1ccccc1. The number of fused-ring (bicyclic) bond motifs is 1. The van der Waals surface area contributed by atoms with Crippen LogP contribution in [0.15, 0.2) is 91.4 Å². The molecule has 7 heteroatoms. The third-order valence-electron chi connectivity index (χ3n) is 6.09. The quantitative estimate of drug-likeness (QED) is 0.433. The Morgan fingerprint density at radius 2 is 1.77 bits per heavy atom. The van der Waals surface area contributed by atoms with E-state index >= 15 is 0 Å². The number of carbonyl (C=O) groups excluding carboxylic acids is 2. The van der Waals surface area contributed by atoms with Gasteiger partial charge in [0.2, 0.25) is 5.91 Å². The van der Waals surface area contributed by atoms with Gasteiger partial charge < -0.3 is 14.5 Å². The molecule has 1 aliphatic heterocycles. The van der Waals surface area contributed by atoms with Crippen LogP contribution in [0.2, 0.25) is 0 Å². The van der Waals surface area contributed by atoms with Crippen LogP contribution in [0, 0.1) is 0 Å². The van der Waals surface area contributed by atoms with Crippen LogP contribution in [-0.2, 0) is 22.7 Å². The minimum absolute atomic E-state index is 0.00347. The van der Waals surface area contributed by atoms with Gasteiger partial charge in [-0.2, -0.15) is 0 Å². The second-order valence-corrected chi connectivity index (χ2v) is 8.65. The van der Waals surface area contributed by atoms with Crippen LogP contribution in [0.3, 0.4) is 0 Å². The second kappa shape index (κ2) is 10.4. The average Bonchev–Trinajstić information content (AvgIpc) is 3.06. The molecular weight excluding hydrogens is 440 g/mol. The molecule has 0 radical (unpaired) electrons. The van der Waals surface area contributed by atoms with E-state index in [2.05, 4.69) is 9.97 Å². The number of carbonyl (C=O) groups is 2. The van der Waals surface area contributed by atoms with Crippen molar-refractivity contribution in [2.24, 2.45) is 0 Å². The summed E-state index contributed by atoms with van der Waals surface area (Å²) >= 11 is 0. The molecule has 176 valence electrons. The molecule has 35 heavy (non-hydrogen) atoms. The van der Waals surface area contributed by atoms with Gasteiger partial charge >= 0.3 is 0 Å². The van der Waals surface area contributed by atoms with Gasteiger partial charge in [0.1, 0.15) is 6.54 Å². The first-order valence-electron chi connectivity index (χ1n) is 11.6. The monoisotopic (exact) mass is 466 g/mol. The summed E-state index contributed by atoms with van der Waals surface area (Å²) in [7, 11) is 0. The van der Waals surface area contributed by atoms with Crippen molar-refractivity contribution in [3.63, 3.8) is 0 Å². The molecule has 1 saturated heterocycles. The minimum atomic E-state index is -0.337. The molecule has 0 saturated carbocycles. The molecule has 0 spiro atoms. The average molecular weight is 467 g/mol. The maximum atomic E-state index is 13.5. The Labute approximate surface area is 204 Å². The van der Waals surface area contributed by atoms with E-state index in [-0.39, 0.29) is 24.5 Å². The zero-order valence-electron chi connectivity index (χ0n) is 19.3. The fourth-order valence-corrected chi connectivity index (χ4v) is 4.28. The lowest BCUT2D eigenvalue weighted by Crippen LogP contribution is -2.39. The predicted octanol–water partition coefficient (Wildman–Crippen LogP) is 3.70. The lowest BCUT2D eigenvalue weighted by Gasteiger charge is -2.25. The predicted molar refractivity (Wildman–Crippen MR) is 132 cm³/mol. The van der Waals surface area contributed by atoms with Crippen molar-refractivity contribution in [2.75, 3.05) is 19.6 Å². The molecule has 3 heterocycles. The molecule has 2 aromatic carbocycles. The van der Waals surface area contributed by atoms with Crippen LogP contribution >= 0.6 is 0 Å². The first kappa shape index (κ1) is 22.7. The standard InChI is InChI=1S/C28H26N4O3/c33-27-19-32(28(34)24-10-11-26-23(14-24)9-5-13-30-26)18-25(35-20-22-8-4-12-29-15-22)17-31(27)16-21-6-2-1-3-7-21/h1-15,25H,16-20H2/t25-/m1/s1. The third kappa shape index (κ3) is 5.53. The van der Waals surface area contributed by atoms with Crippen molar-refractivity contribution in [3.8, 4) is 0 Å². The molecule has 0 N–H and O–H groups in total. The summed E-state index contributed by atoms with van der Waals surface area (Å²) in [6.45, 7) is 1.55. The van der Waals surface area contributed by atoms with Crippen LogP contribution in [0.1, 0.15) is 21.5 Å². The van der Waals surface area contributed by atoms with Gasteiger partial charge in [-0.3, -0.25) is 19.6 Å². The number of amides is 2. The van der Waals surface area contributed by atoms with Gasteiger partial charge in [0, 0.05) is 49.2 Å². The van der Waals surface area contributed by atoms with Gasteiger partial charge in [0.05, 0.1) is 18.2 Å². The number of rotatable bonds is 6. The highest BCUT2D eigenvalue weighted by Crippen LogP contribution is 2.19. The normalized spacial score (nSPS) is 16.3. The maximum absolute atomic E-state index is 13.5. The van der Waals surface area contributed by atoms with Crippen molar-refractivity contribution < 1.29 is 14.3 Å². The van der Waals surface area contributed by atoms with Crippen LogP contribution in [-0.4, -0.2) is 57.3 Å². The third-order valence-corrected chi connectivity index (χ3v) is 6.09. The van der Waals surface area contributed by atoms with Crippen molar-refractivity contribution in [1.29, 1.82) is 0 Å². The number of hydrogen-bond donors (Lipinski definition) is 0. The van der Waals surface area contributed by atoms with E-state index in [0.29, 0.717) is 31.8 Å². The van der Waals surface area contributed by atoms with Gasteiger partial charge in [0.25, 0.3) is 5.91 Å². The van der Waals surface area contributed by atoms with Gasteiger partial charge in [0.15, 0.2) is 0 Å². The van der Waals surface area contributed by atoms with E-state index in [9.17, 15) is 9.59 Å². The Hall–Kier alpha value is -4.10. The van der Waals surface area contributed by atoms with Crippen LogP contribution in [0.4, 0.5) is 0 Å². The molecule has 2 aromatic heterocycles. The van der Waals surface area contributed by atoms with Crippen LogP contribution in [0.5, 0.6) is 0 Å². The van der Waals surface area contributed by atoms with Crippen molar-refractivity contribution in [2.45, 2.75) is 19.3 Å². The van der Waals surface area contributed by atoms with Gasteiger partial charge in [-0.15, -0.1) is 0 Å². The summed E-state index contributed by atoms with van der Waals surface area (Å²) in [6.07, 6.45) is 4.87. The van der Waals surface area contributed by atoms with Gasteiger partial charge in [-0.05, 0) is 41.5 Å². The summed E-state index contributed by atoms with van der Waals surface area (Å²) in [5.74, 6) is -0.294. The molecule has 2 amide bonds. The molecule has 0 aliphatic carbocycles. The zero-order chi connectivity index (χ0) is 24.0. The van der Waals surface area contributed by atoms with E-state index in [1.54, 1.807) is 34.5 Å². The van der Waals surface area contributed by atoms with Crippen molar-refractivity contribution >= 4 is 22.7 Å². The number of ether oxygens (including phenoxy) is 1. The van der Waals surface area contributed by atoms with E-state index in [1.807, 2.05) is 66.7 Å².